The average Bonchev–Trinajstić information content (AvgIpc) is 2.95. The maximum Gasteiger partial charge on any atom is 0.234 e. The summed E-state index contributed by atoms with van der Waals surface area (Å²) in [4.78, 5) is 11.3. The fourth-order valence-corrected chi connectivity index (χ4v) is 1.76. The smallest absolute Gasteiger partial charge is 0.234 e. The third-order valence-corrected chi connectivity index (χ3v) is 2.95. The molecule has 4 heteroatoms. The van der Waals surface area contributed by atoms with E-state index in [9.17, 15) is 4.79 Å². The van der Waals surface area contributed by atoms with E-state index in [-0.39, 0.29) is 5.91 Å². The SMILES string of the molecule is CSCCC(C)NCC(=O)NC1CC1. The van der Waals surface area contributed by atoms with E-state index in [0.29, 0.717) is 18.6 Å². The highest BCUT2D eigenvalue weighted by atomic mass is 32.2. The van der Waals surface area contributed by atoms with Crippen molar-refractivity contribution in [2.24, 2.45) is 0 Å². The number of nitrogens with one attached hydrogen (secondary N) is 2. The van der Waals surface area contributed by atoms with Crippen LogP contribution >= 0.6 is 11.8 Å². The zero-order chi connectivity index (χ0) is 10.4. The van der Waals surface area contributed by atoms with Gasteiger partial charge in [0.1, 0.15) is 0 Å². The molecule has 0 heterocycles. The molecule has 1 saturated carbocycles. The van der Waals surface area contributed by atoms with Gasteiger partial charge in [0.05, 0.1) is 6.54 Å². The summed E-state index contributed by atoms with van der Waals surface area (Å²) in [5.41, 5.74) is 0. The molecule has 14 heavy (non-hydrogen) atoms. The summed E-state index contributed by atoms with van der Waals surface area (Å²) in [6.45, 7) is 2.59. The largest absolute Gasteiger partial charge is 0.352 e. The van der Waals surface area contributed by atoms with Crippen LogP contribution in [0, 0.1) is 0 Å². The molecule has 0 radical (unpaired) electrons. The minimum absolute atomic E-state index is 0.142. The van der Waals surface area contributed by atoms with Crippen LogP contribution in [0.2, 0.25) is 0 Å². The third kappa shape index (κ3) is 5.50. The van der Waals surface area contributed by atoms with Crippen molar-refractivity contribution < 1.29 is 4.79 Å². The van der Waals surface area contributed by atoms with Gasteiger partial charge < -0.3 is 10.6 Å². The van der Waals surface area contributed by atoms with Crippen LogP contribution in [-0.2, 0) is 4.79 Å². The first kappa shape index (κ1) is 11.9. The minimum atomic E-state index is 0.142. The molecule has 1 unspecified atom stereocenters. The topological polar surface area (TPSA) is 41.1 Å². The van der Waals surface area contributed by atoms with Crippen LogP contribution in [0.5, 0.6) is 0 Å². The standard InChI is InChI=1S/C10H20N2OS/c1-8(5-6-14-2)11-7-10(13)12-9-3-4-9/h8-9,11H,3-7H2,1-2H3,(H,12,13). The van der Waals surface area contributed by atoms with Crippen molar-refractivity contribution in [3.63, 3.8) is 0 Å². The van der Waals surface area contributed by atoms with Crippen molar-refractivity contribution >= 4 is 17.7 Å². The predicted octanol–water partition coefficient (Wildman–Crippen LogP) is 0.996. The van der Waals surface area contributed by atoms with E-state index in [2.05, 4.69) is 23.8 Å². The molecule has 0 aromatic carbocycles. The fourth-order valence-electron chi connectivity index (χ4n) is 1.17. The minimum Gasteiger partial charge on any atom is -0.352 e. The monoisotopic (exact) mass is 216 g/mol. The van der Waals surface area contributed by atoms with Gasteiger partial charge in [-0.2, -0.15) is 11.8 Å². The van der Waals surface area contributed by atoms with Gasteiger partial charge in [0.25, 0.3) is 0 Å². The van der Waals surface area contributed by atoms with Gasteiger partial charge in [0.2, 0.25) is 5.91 Å². The molecular formula is C10H20N2OS. The van der Waals surface area contributed by atoms with Crippen LogP contribution in [0.15, 0.2) is 0 Å². The Morgan fingerprint density at radius 3 is 2.86 bits per heavy atom. The molecule has 1 amide bonds. The van der Waals surface area contributed by atoms with E-state index in [4.69, 9.17) is 0 Å². The zero-order valence-corrected chi connectivity index (χ0v) is 9.82. The molecule has 0 spiro atoms. The Bertz CT molecular complexity index is 183. The van der Waals surface area contributed by atoms with E-state index in [0.717, 1.165) is 25.0 Å². The van der Waals surface area contributed by atoms with E-state index in [1.165, 1.54) is 0 Å². The average molecular weight is 216 g/mol. The van der Waals surface area contributed by atoms with Crippen molar-refractivity contribution in [2.45, 2.75) is 38.3 Å². The first-order valence-electron chi connectivity index (χ1n) is 5.24. The van der Waals surface area contributed by atoms with Gasteiger partial charge in [-0.05, 0) is 38.2 Å². The molecule has 0 aromatic rings. The highest BCUT2D eigenvalue weighted by Crippen LogP contribution is 2.18. The van der Waals surface area contributed by atoms with Gasteiger partial charge in [-0.25, -0.2) is 0 Å². The van der Waals surface area contributed by atoms with E-state index >= 15 is 0 Å². The molecule has 1 atom stereocenters. The van der Waals surface area contributed by atoms with E-state index in [1.54, 1.807) is 0 Å². The van der Waals surface area contributed by atoms with Crippen LogP contribution in [0.1, 0.15) is 26.2 Å². The highest BCUT2D eigenvalue weighted by molar-refractivity contribution is 7.98. The van der Waals surface area contributed by atoms with Crippen molar-refractivity contribution in [1.29, 1.82) is 0 Å². The second-order valence-corrected chi connectivity index (χ2v) is 4.89. The van der Waals surface area contributed by atoms with Crippen LogP contribution < -0.4 is 10.6 Å². The highest BCUT2D eigenvalue weighted by Gasteiger charge is 2.22. The molecule has 1 aliphatic rings. The summed E-state index contributed by atoms with van der Waals surface area (Å²) in [6.07, 6.45) is 5.55. The Balaban J connectivity index is 1.97. The zero-order valence-electron chi connectivity index (χ0n) is 9.01. The van der Waals surface area contributed by atoms with Crippen LogP contribution in [-0.4, -0.2) is 36.5 Å². The molecule has 1 fully saturated rings. The number of hydrogen-bond acceptors (Lipinski definition) is 3. The lowest BCUT2D eigenvalue weighted by atomic mass is 10.2. The number of amides is 1. The Kier molecular flexibility index (Phi) is 5.33. The van der Waals surface area contributed by atoms with Crippen molar-refractivity contribution in [1.82, 2.24) is 10.6 Å². The summed E-state index contributed by atoms with van der Waals surface area (Å²) in [5, 5.41) is 6.18. The van der Waals surface area contributed by atoms with Gasteiger partial charge in [-0.1, -0.05) is 0 Å². The summed E-state index contributed by atoms with van der Waals surface area (Å²) in [5.74, 6) is 1.29. The second-order valence-electron chi connectivity index (χ2n) is 3.91. The first-order valence-corrected chi connectivity index (χ1v) is 6.63. The molecule has 3 nitrogen and oxygen atoms in total. The van der Waals surface area contributed by atoms with Gasteiger partial charge >= 0.3 is 0 Å². The molecular weight excluding hydrogens is 196 g/mol. The Labute approximate surface area is 90.4 Å². The normalized spacial score (nSPS) is 17.9. The molecule has 0 saturated heterocycles. The third-order valence-electron chi connectivity index (χ3n) is 2.31. The number of carbonyl (C=O) groups excluding carboxylic acids is 1. The Morgan fingerprint density at radius 1 is 1.57 bits per heavy atom. The molecule has 0 bridgehead atoms. The van der Waals surface area contributed by atoms with Crippen molar-refractivity contribution in [3.05, 3.63) is 0 Å². The van der Waals surface area contributed by atoms with Gasteiger partial charge in [-0.3, -0.25) is 4.79 Å². The van der Waals surface area contributed by atoms with Gasteiger partial charge in [0, 0.05) is 12.1 Å². The lowest BCUT2D eigenvalue weighted by molar-refractivity contribution is -0.120. The second kappa shape index (κ2) is 6.30. The molecule has 2 N–H and O–H groups in total. The maximum atomic E-state index is 11.3. The van der Waals surface area contributed by atoms with Crippen LogP contribution in [0.4, 0.5) is 0 Å². The number of thioether (sulfide) groups is 1. The quantitative estimate of drug-likeness (QED) is 0.667. The number of carbonyl (C=O) groups is 1. The number of rotatable bonds is 7. The molecule has 0 aromatic heterocycles. The molecule has 0 aliphatic heterocycles. The van der Waals surface area contributed by atoms with Gasteiger partial charge in [-0.15, -0.1) is 0 Å². The summed E-state index contributed by atoms with van der Waals surface area (Å²) < 4.78 is 0. The lowest BCUT2D eigenvalue weighted by Gasteiger charge is -2.12. The van der Waals surface area contributed by atoms with Crippen LogP contribution in [0.3, 0.4) is 0 Å². The Morgan fingerprint density at radius 2 is 2.29 bits per heavy atom. The van der Waals surface area contributed by atoms with E-state index in [1.807, 2.05) is 11.8 Å². The summed E-state index contributed by atoms with van der Waals surface area (Å²) in [7, 11) is 0. The molecule has 1 aliphatic carbocycles. The van der Waals surface area contributed by atoms with Crippen LogP contribution in [0.25, 0.3) is 0 Å². The van der Waals surface area contributed by atoms with Crippen molar-refractivity contribution in [2.75, 3.05) is 18.6 Å². The molecule has 82 valence electrons. The predicted molar refractivity (Wildman–Crippen MR) is 61.6 cm³/mol. The van der Waals surface area contributed by atoms with E-state index < -0.39 is 0 Å². The Hall–Kier alpha value is -0.220. The van der Waals surface area contributed by atoms with Crippen molar-refractivity contribution in [3.8, 4) is 0 Å². The lowest BCUT2D eigenvalue weighted by Crippen LogP contribution is -2.39. The first-order chi connectivity index (χ1) is 6.72. The fraction of sp³-hybridized carbons (Fsp3) is 0.900. The maximum absolute atomic E-state index is 11.3. The molecule has 1 rings (SSSR count). The number of hydrogen-bond donors (Lipinski definition) is 2. The summed E-state index contributed by atoms with van der Waals surface area (Å²) in [6, 6.07) is 0.915. The van der Waals surface area contributed by atoms with Gasteiger partial charge in [0.15, 0.2) is 0 Å². The summed E-state index contributed by atoms with van der Waals surface area (Å²) >= 11 is 1.84.